The maximum atomic E-state index is 13.5. The second-order valence-electron chi connectivity index (χ2n) is 6.11. The van der Waals surface area contributed by atoms with Gasteiger partial charge in [-0.25, -0.2) is 12.8 Å². The molecule has 0 saturated carbocycles. The normalized spacial score (nSPS) is 18.6. The van der Waals surface area contributed by atoms with Crippen molar-refractivity contribution in [3.63, 3.8) is 0 Å². The molecular weight excluding hydrogens is 317 g/mol. The van der Waals surface area contributed by atoms with Gasteiger partial charge in [-0.05, 0) is 36.5 Å². The Bertz CT molecular complexity index is 673. The summed E-state index contributed by atoms with van der Waals surface area (Å²) in [6, 6.07) is 2.96. The van der Waals surface area contributed by atoms with E-state index < -0.39 is 19.8 Å². The molecule has 1 saturated heterocycles. The molecule has 0 atom stereocenters. The van der Waals surface area contributed by atoms with Gasteiger partial charge in [0.05, 0.1) is 4.90 Å². The predicted octanol–water partition coefficient (Wildman–Crippen LogP) is 3.02. The van der Waals surface area contributed by atoms with Crippen molar-refractivity contribution in [3.05, 3.63) is 29.6 Å². The van der Waals surface area contributed by atoms with E-state index >= 15 is 0 Å². The minimum atomic E-state index is -4.07. The zero-order chi connectivity index (χ0) is 15.8. The largest absolute Gasteiger partial charge is 0.338 e. The average Bonchev–Trinajstić information content (AvgIpc) is 2.35. The lowest BCUT2D eigenvalue weighted by molar-refractivity contribution is 0.0582. The molecule has 0 unspecified atom stereocenters. The molecule has 0 bridgehead atoms. The van der Waals surface area contributed by atoms with Gasteiger partial charge in [0, 0.05) is 29.3 Å². The monoisotopic (exact) mass is 333 g/mol. The van der Waals surface area contributed by atoms with Crippen LogP contribution in [-0.2, 0) is 9.05 Å². The van der Waals surface area contributed by atoms with Crippen molar-refractivity contribution in [2.75, 3.05) is 13.1 Å². The third-order valence-electron chi connectivity index (χ3n) is 3.59. The average molecular weight is 334 g/mol. The number of halogens is 2. The van der Waals surface area contributed by atoms with E-state index in [2.05, 4.69) is 13.8 Å². The summed E-state index contributed by atoms with van der Waals surface area (Å²) >= 11 is 0. The highest BCUT2D eigenvalue weighted by atomic mass is 35.7. The molecule has 2 rings (SSSR count). The third kappa shape index (κ3) is 3.95. The molecule has 7 heteroatoms. The lowest BCUT2D eigenvalue weighted by Gasteiger charge is -2.38. The molecule has 0 aliphatic carbocycles. The van der Waals surface area contributed by atoms with Crippen molar-refractivity contribution in [3.8, 4) is 0 Å². The van der Waals surface area contributed by atoms with Crippen LogP contribution in [0, 0.1) is 11.2 Å². The van der Waals surface area contributed by atoms with Gasteiger partial charge in [0.25, 0.3) is 15.0 Å². The van der Waals surface area contributed by atoms with Crippen LogP contribution in [-0.4, -0.2) is 32.3 Å². The molecule has 1 aliphatic heterocycles. The smallest absolute Gasteiger partial charge is 0.261 e. The van der Waals surface area contributed by atoms with E-state index in [0.29, 0.717) is 13.1 Å². The fourth-order valence-electron chi connectivity index (χ4n) is 2.61. The molecule has 21 heavy (non-hydrogen) atoms. The molecule has 1 aromatic carbocycles. The maximum Gasteiger partial charge on any atom is 0.261 e. The van der Waals surface area contributed by atoms with Gasteiger partial charge >= 0.3 is 0 Å². The number of amides is 1. The number of piperidine rings is 1. The first-order chi connectivity index (χ1) is 9.58. The standard InChI is InChI=1S/C14H17ClFNO3S/c1-14(2)4-3-5-17(9-14)13(18)10-6-11(16)8-12(7-10)21(15,19)20/h6-8H,3-5,9H2,1-2H3. The highest BCUT2D eigenvalue weighted by molar-refractivity contribution is 8.13. The zero-order valence-electron chi connectivity index (χ0n) is 11.9. The van der Waals surface area contributed by atoms with E-state index in [0.717, 1.165) is 31.0 Å². The van der Waals surface area contributed by atoms with Crippen molar-refractivity contribution in [2.45, 2.75) is 31.6 Å². The third-order valence-corrected chi connectivity index (χ3v) is 4.92. The molecule has 1 heterocycles. The summed E-state index contributed by atoms with van der Waals surface area (Å²) in [5.41, 5.74) is 0.00902. The van der Waals surface area contributed by atoms with Crippen LogP contribution in [0.25, 0.3) is 0 Å². The van der Waals surface area contributed by atoms with E-state index in [1.54, 1.807) is 4.90 Å². The summed E-state index contributed by atoms with van der Waals surface area (Å²) in [5.74, 6) is -1.17. The summed E-state index contributed by atoms with van der Waals surface area (Å²) < 4.78 is 36.2. The highest BCUT2D eigenvalue weighted by Crippen LogP contribution is 2.29. The fourth-order valence-corrected chi connectivity index (χ4v) is 3.39. The predicted molar refractivity (Wildman–Crippen MR) is 78.4 cm³/mol. The number of likely N-dealkylation sites (tertiary alicyclic amines) is 1. The van der Waals surface area contributed by atoms with Crippen LogP contribution in [0.2, 0.25) is 0 Å². The topological polar surface area (TPSA) is 54.5 Å². The Labute approximate surface area is 128 Å². The van der Waals surface area contributed by atoms with E-state index in [-0.39, 0.29) is 16.9 Å². The van der Waals surface area contributed by atoms with Gasteiger partial charge in [0.15, 0.2) is 0 Å². The Hall–Kier alpha value is -1.14. The zero-order valence-corrected chi connectivity index (χ0v) is 13.5. The van der Waals surface area contributed by atoms with Crippen molar-refractivity contribution in [1.29, 1.82) is 0 Å². The molecule has 0 N–H and O–H groups in total. The molecule has 0 aromatic heterocycles. The molecule has 0 spiro atoms. The van der Waals surface area contributed by atoms with Crippen LogP contribution in [0.5, 0.6) is 0 Å². The lowest BCUT2D eigenvalue weighted by Crippen LogP contribution is -2.43. The summed E-state index contributed by atoms with van der Waals surface area (Å²) in [4.78, 5) is 13.7. The van der Waals surface area contributed by atoms with E-state index in [4.69, 9.17) is 10.7 Å². The lowest BCUT2D eigenvalue weighted by atomic mass is 9.84. The summed E-state index contributed by atoms with van der Waals surface area (Å²) in [7, 11) is 1.15. The van der Waals surface area contributed by atoms with Crippen LogP contribution in [0.1, 0.15) is 37.0 Å². The minimum absolute atomic E-state index is 0.00261. The maximum absolute atomic E-state index is 13.5. The molecule has 0 radical (unpaired) electrons. The highest BCUT2D eigenvalue weighted by Gasteiger charge is 2.30. The van der Waals surface area contributed by atoms with E-state index in [1.165, 1.54) is 0 Å². The van der Waals surface area contributed by atoms with Gasteiger partial charge in [-0.1, -0.05) is 13.8 Å². The molecule has 116 valence electrons. The van der Waals surface area contributed by atoms with Crippen molar-refractivity contribution in [1.82, 2.24) is 4.90 Å². The van der Waals surface area contributed by atoms with Gasteiger partial charge < -0.3 is 4.90 Å². The van der Waals surface area contributed by atoms with Crippen LogP contribution in [0.15, 0.2) is 23.1 Å². The van der Waals surface area contributed by atoms with Gasteiger partial charge in [-0.15, -0.1) is 0 Å². The van der Waals surface area contributed by atoms with Gasteiger partial charge in [-0.2, -0.15) is 0 Å². The van der Waals surface area contributed by atoms with Gasteiger partial charge in [0.1, 0.15) is 5.82 Å². The molecule has 1 fully saturated rings. The Balaban J connectivity index is 2.33. The Kier molecular flexibility index (Phi) is 4.31. The Morgan fingerprint density at radius 3 is 2.57 bits per heavy atom. The van der Waals surface area contributed by atoms with E-state index in [9.17, 15) is 17.6 Å². The first-order valence-corrected chi connectivity index (χ1v) is 8.94. The second kappa shape index (κ2) is 5.57. The number of hydrogen-bond donors (Lipinski definition) is 0. The number of nitrogens with zero attached hydrogens (tertiary/aromatic N) is 1. The number of rotatable bonds is 2. The van der Waals surface area contributed by atoms with Crippen molar-refractivity contribution in [2.24, 2.45) is 5.41 Å². The van der Waals surface area contributed by atoms with Crippen molar-refractivity contribution >= 4 is 25.6 Å². The van der Waals surface area contributed by atoms with Gasteiger partial charge in [0.2, 0.25) is 0 Å². The quantitative estimate of drug-likeness (QED) is 0.782. The first-order valence-electron chi connectivity index (χ1n) is 6.63. The minimum Gasteiger partial charge on any atom is -0.338 e. The summed E-state index contributed by atoms with van der Waals surface area (Å²) in [6.45, 7) is 5.27. The summed E-state index contributed by atoms with van der Waals surface area (Å²) in [6.07, 6.45) is 1.88. The number of carbonyl (C=O) groups is 1. The first kappa shape index (κ1) is 16.2. The number of carbonyl (C=O) groups excluding carboxylic acids is 1. The number of benzene rings is 1. The van der Waals surface area contributed by atoms with E-state index in [1.807, 2.05) is 0 Å². The van der Waals surface area contributed by atoms with Crippen LogP contribution in [0.4, 0.5) is 4.39 Å². The SMILES string of the molecule is CC1(C)CCCN(C(=O)c2cc(F)cc(S(=O)(=O)Cl)c2)C1. The Morgan fingerprint density at radius 1 is 1.33 bits per heavy atom. The van der Waals surface area contributed by atoms with Crippen LogP contribution in [0.3, 0.4) is 0 Å². The Morgan fingerprint density at radius 2 is 2.00 bits per heavy atom. The van der Waals surface area contributed by atoms with Crippen LogP contribution >= 0.6 is 10.7 Å². The van der Waals surface area contributed by atoms with Crippen LogP contribution < -0.4 is 0 Å². The molecule has 4 nitrogen and oxygen atoms in total. The molecule has 1 aromatic rings. The summed E-state index contributed by atoms with van der Waals surface area (Å²) in [5, 5.41) is 0. The number of hydrogen-bond acceptors (Lipinski definition) is 3. The second-order valence-corrected chi connectivity index (χ2v) is 8.67. The fraction of sp³-hybridized carbons (Fsp3) is 0.500. The molecule has 1 amide bonds. The van der Waals surface area contributed by atoms with Gasteiger partial charge in [-0.3, -0.25) is 4.79 Å². The molecular formula is C14H17ClFNO3S. The molecule has 1 aliphatic rings. The van der Waals surface area contributed by atoms with Crippen molar-refractivity contribution < 1.29 is 17.6 Å².